The lowest BCUT2D eigenvalue weighted by Crippen LogP contribution is -2.37. The largest absolute Gasteiger partial charge is 0.399 e. The van der Waals surface area contributed by atoms with Gasteiger partial charge in [-0.3, -0.25) is 0 Å². The van der Waals surface area contributed by atoms with Gasteiger partial charge in [-0.05, 0) is 50.2 Å². The van der Waals surface area contributed by atoms with Crippen LogP contribution in [0.15, 0.2) is 53.4 Å². The van der Waals surface area contributed by atoms with Gasteiger partial charge in [-0.15, -0.1) is 0 Å². The lowest BCUT2D eigenvalue weighted by molar-refractivity contribution is 0.122. The number of benzene rings is 2. The molecule has 0 unspecified atom stereocenters. The Hall–Kier alpha value is -3.11. The Morgan fingerprint density at radius 2 is 1.58 bits per heavy atom. The molecule has 0 aliphatic carbocycles. The molecule has 1 saturated heterocycles. The first-order chi connectivity index (χ1) is 15.6. The van der Waals surface area contributed by atoms with Crippen molar-refractivity contribution in [2.75, 3.05) is 36.9 Å². The second kappa shape index (κ2) is 8.68. The van der Waals surface area contributed by atoms with Crippen molar-refractivity contribution < 1.29 is 21.9 Å². The Balaban J connectivity index is 1.87. The van der Waals surface area contributed by atoms with E-state index in [0.717, 1.165) is 12.1 Å². The molecule has 0 atom stereocenters. The van der Waals surface area contributed by atoms with Gasteiger partial charge in [0.1, 0.15) is 22.2 Å². The van der Waals surface area contributed by atoms with Crippen molar-refractivity contribution in [3.8, 4) is 11.4 Å². The third-order valence-electron chi connectivity index (χ3n) is 5.65. The van der Waals surface area contributed by atoms with Crippen LogP contribution in [0, 0.1) is 11.6 Å². The second-order valence-corrected chi connectivity index (χ2v) is 10.8. The number of nitrogens with two attached hydrogens (primary N) is 1. The molecule has 33 heavy (non-hydrogen) atoms. The number of anilines is 2. The summed E-state index contributed by atoms with van der Waals surface area (Å²) in [6, 6.07) is 10.8. The number of nitrogens with zero attached hydrogens (tertiary/aromatic N) is 3. The van der Waals surface area contributed by atoms with E-state index >= 15 is 0 Å². The quantitative estimate of drug-likeness (QED) is 0.565. The number of hydrogen-bond donors (Lipinski definition) is 1. The summed E-state index contributed by atoms with van der Waals surface area (Å²) in [5.74, 6) is -1.07. The molecular weight excluding hydrogens is 450 g/mol. The molecule has 1 aliphatic heterocycles. The fourth-order valence-corrected chi connectivity index (χ4v) is 5.08. The van der Waals surface area contributed by atoms with Crippen molar-refractivity contribution in [2.45, 2.75) is 23.5 Å². The minimum atomic E-state index is -4.22. The SMILES string of the molecule is CC(C)(c1cc(N2CCOCC2)nc(-c2ccc(N)cc2)n1)S(=O)(=O)c1cc(F)cc(F)c1. The first-order valence-electron chi connectivity index (χ1n) is 10.4. The van der Waals surface area contributed by atoms with Gasteiger partial charge in [-0.1, -0.05) is 0 Å². The van der Waals surface area contributed by atoms with Crippen molar-refractivity contribution in [1.29, 1.82) is 0 Å². The summed E-state index contributed by atoms with van der Waals surface area (Å²) in [5.41, 5.74) is 7.22. The first-order valence-corrected chi connectivity index (χ1v) is 11.8. The number of hydrogen-bond acceptors (Lipinski definition) is 7. The topological polar surface area (TPSA) is 98.4 Å². The fourth-order valence-electron chi connectivity index (χ4n) is 3.57. The summed E-state index contributed by atoms with van der Waals surface area (Å²) in [5, 5.41) is 0. The Kier molecular flexibility index (Phi) is 6.06. The molecule has 4 rings (SSSR count). The van der Waals surface area contributed by atoms with Gasteiger partial charge in [0.25, 0.3) is 0 Å². The van der Waals surface area contributed by atoms with Crippen LogP contribution in [0.25, 0.3) is 11.4 Å². The van der Waals surface area contributed by atoms with Gasteiger partial charge < -0.3 is 15.4 Å². The number of sulfone groups is 1. The maximum Gasteiger partial charge on any atom is 0.189 e. The van der Waals surface area contributed by atoms with Crippen molar-refractivity contribution in [2.24, 2.45) is 0 Å². The van der Waals surface area contributed by atoms with E-state index in [9.17, 15) is 17.2 Å². The molecule has 2 heterocycles. The molecule has 3 aromatic rings. The predicted molar refractivity (Wildman–Crippen MR) is 121 cm³/mol. The van der Waals surface area contributed by atoms with Crippen LogP contribution >= 0.6 is 0 Å². The lowest BCUT2D eigenvalue weighted by Gasteiger charge is -2.30. The van der Waals surface area contributed by atoms with E-state index < -0.39 is 31.1 Å². The summed E-state index contributed by atoms with van der Waals surface area (Å²) >= 11 is 0. The van der Waals surface area contributed by atoms with Crippen LogP contribution in [-0.2, 0) is 19.3 Å². The van der Waals surface area contributed by atoms with Crippen molar-refractivity contribution in [3.05, 3.63) is 65.9 Å². The third-order valence-corrected chi connectivity index (χ3v) is 8.06. The molecule has 0 saturated carbocycles. The highest BCUT2D eigenvalue weighted by Crippen LogP contribution is 2.36. The van der Waals surface area contributed by atoms with E-state index in [-0.39, 0.29) is 5.69 Å². The Bertz CT molecular complexity index is 1260. The van der Waals surface area contributed by atoms with E-state index in [4.69, 9.17) is 10.5 Å². The summed E-state index contributed by atoms with van der Waals surface area (Å²) in [7, 11) is -4.22. The molecule has 174 valence electrons. The molecule has 1 aromatic heterocycles. The Morgan fingerprint density at radius 3 is 2.18 bits per heavy atom. The van der Waals surface area contributed by atoms with Crippen LogP contribution in [0.1, 0.15) is 19.5 Å². The first kappa shape index (κ1) is 23.1. The predicted octanol–water partition coefficient (Wildman–Crippen LogP) is 3.55. The van der Waals surface area contributed by atoms with Gasteiger partial charge >= 0.3 is 0 Å². The number of aromatic nitrogens is 2. The molecule has 2 aromatic carbocycles. The molecule has 2 N–H and O–H groups in total. The molecule has 1 fully saturated rings. The maximum absolute atomic E-state index is 13.8. The minimum absolute atomic E-state index is 0.204. The molecular formula is C23H24F2N4O3S. The van der Waals surface area contributed by atoms with Gasteiger partial charge in [0, 0.05) is 36.5 Å². The fraction of sp³-hybridized carbons (Fsp3) is 0.304. The van der Waals surface area contributed by atoms with Gasteiger partial charge in [0.15, 0.2) is 15.7 Å². The molecule has 0 bridgehead atoms. The van der Waals surface area contributed by atoms with E-state index in [1.165, 1.54) is 13.8 Å². The van der Waals surface area contributed by atoms with E-state index in [1.807, 2.05) is 4.90 Å². The smallest absolute Gasteiger partial charge is 0.189 e. The molecule has 7 nitrogen and oxygen atoms in total. The van der Waals surface area contributed by atoms with E-state index in [1.54, 1.807) is 30.3 Å². The zero-order chi connectivity index (χ0) is 23.8. The number of rotatable bonds is 5. The third kappa shape index (κ3) is 4.53. The average molecular weight is 475 g/mol. The van der Waals surface area contributed by atoms with Crippen LogP contribution in [0.4, 0.5) is 20.3 Å². The van der Waals surface area contributed by atoms with Gasteiger partial charge in [-0.2, -0.15) is 0 Å². The zero-order valence-corrected chi connectivity index (χ0v) is 19.1. The summed E-state index contributed by atoms with van der Waals surface area (Å²) in [6.07, 6.45) is 0. The van der Waals surface area contributed by atoms with Gasteiger partial charge in [-0.25, -0.2) is 27.2 Å². The summed E-state index contributed by atoms with van der Waals surface area (Å²) in [6.45, 7) is 5.12. The summed E-state index contributed by atoms with van der Waals surface area (Å²) < 4.78 is 58.4. The standard InChI is InChI=1S/C23H24F2N4O3S/c1-23(2,33(30,31)19-12-16(24)11-17(25)13-19)20-14-21(29-7-9-32-10-8-29)28-22(27-20)15-3-5-18(26)6-4-15/h3-6,11-14H,7-10,26H2,1-2H3. The number of halogens is 2. The molecule has 0 amide bonds. The van der Waals surface area contributed by atoms with Crippen LogP contribution in [-0.4, -0.2) is 44.7 Å². The highest BCUT2D eigenvalue weighted by Gasteiger charge is 2.40. The number of ether oxygens (including phenoxy) is 1. The van der Waals surface area contributed by atoms with E-state index in [0.29, 0.717) is 55.3 Å². The van der Waals surface area contributed by atoms with Crippen LogP contribution < -0.4 is 10.6 Å². The van der Waals surface area contributed by atoms with Crippen LogP contribution in [0.5, 0.6) is 0 Å². The molecule has 10 heteroatoms. The van der Waals surface area contributed by atoms with Crippen LogP contribution in [0.3, 0.4) is 0 Å². The van der Waals surface area contributed by atoms with E-state index in [2.05, 4.69) is 9.97 Å². The lowest BCUT2D eigenvalue weighted by atomic mass is 10.1. The average Bonchev–Trinajstić information content (AvgIpc) is 2.79. The van der Waals surface area contributed by atoms with Crippen molar-refractivity contribution in [1.82, 2.24) is 9.97 Å². The summed E-state index contributed by atoms with van der Waals surface area (Å²) in [4.78, 5) is 10.8. The van der Waals surface area contributed by atoms with Crippen molar-refractivity contribution >= 4 is 21.3 Å². The van der Waals surface area contributed by atoms with Crippen molar-refractivity contribution in [3.63, 3.8) is 0 Å². The maximum atomic E-state index is 13.8. The highest BCUT2D eigenvalue weighted by atomic mass is 32.2. The molecule has 1 aliphatic rings. The Labute approximate surface area is 191 Å². The van der Waals surface area contributed by atoms with Crippen LogP contribution in [0.2, 0.25) is 0 Å². The zero-order valence-electron chi connectivity index (χ0n) is 18.3. The van der Waals surface area contributed by atoms with Gasteiger partial charge in [0.05, 0.1) is 23.8 Å². The van der Waals surface area contributed by atoms with Gasteiger partial charge in [0.2, 0.25) is 0 Å². The molecule has 0 spiro atoms. The number of morpholine rings is 1. The highest BCUT2D eigenvalue weighted by molar-refractivity contribution is 7.92. The second-order valence-electron chi connectivity index (χ2n) is 8.28. The monoisotopic (exact) mass is 474 g/mol. The normalized spacial score (nSPS) is 15.0. The minimum Gasteiger partial charge on any atom is -0.399 e. The number of nitrogen functional groups attached to an aromatic ring is 1. The Morgan fingerprint density at radius 1 is 0.970 bits per heavy atom. The molecule has 0 radical (unpaired) electrons.